The Morgan fingerprint density at radius 1 is 1.31 bits per heavy atom. The lowest BCUT2D eigenvalue weighted by molar-refractivity contribution is -0.172. The summed E-state index contributed by atoms with van der Waals surface area (Å²) in [6.07, 6.45) is 2.68. The first-order valence-corrected chi connectivity index (χ1v) is 9.45. The number of morpholine rings is 1. The summed E-state index contributed by atoms with van der Waals surface area (Å²) >= 11 is 0. The van der Waals surface area contributed by atoms with Crippen LogP contribution in [0.1, 0.15) is 38.7 Å². The molecule has 0 aromatic heterocycles. The Kier molecular flexibility index (Phi) is 5.82. The third-order valence-electron chi connectivity index (χ3n) is 5.45. The maximum absolute atomic E-state index is 14.3. The van der Waals surface area contributed by atoms with Gasteiger partial charge in [-0.2, -0.15) is 0 Å². The average molecular weight is 364 g/mol. The zero-order chi connectivity index (χ0) is 18.7. The molecule has 0 aliphatic carbocycles. The fourth-order valence-electron chi connectivity index (χ4n) is 4.03. The molecule has 2 heterocycles. The summed E-state index contributed by atoms with van der Waals surface area (Å²) in [4.78, 5) is 17.3. The average Bonchev–Trinajstić information content (AvgIpc) is 2.77. The van der Waals surface area contributed by atoms with Crippen molar-refractivity contribution in [2.75, 3.05) is 33.4 Å². The van der Waals surface area contributed by atoms with Crippen LogP contribution in [0.5, 0.6) is 5.75 Å². The second kappa shape index (κ2) is 7.92. The lowest BCUT2D eigenvalue weighted by Crippen LogP contribution is -2.60. The molecule has 1 amide bonds. The smallest absolute Gasteiger partial charge is 0.256 e. The van der Waals surface area contributed by atoms with E-state index in [-0.39, 0.29) is 17.8 Å². The lowest BCUT2D eigenvalue weighted by Gasteiger charge is -2.43. The molecular formula is C20H29FN2O3. The molecule has 0 saturated carbocycles. The Morgan fingerprint density at radius 3 is 2.85 bits per heavy atom. The molecule has 0 N–H and O–H groups in total. The van der Waals surface area contributed by atoms with Gasteiger partial charge in [0, 0.05) is 37.8 Å². The van der Waals surface area contributed by atoms with Gasteiger partial charge >= 0.3 is 0 Å². The Morgan fingerprint density at radius 2 is 2.12 bits per heavy atom. The highest BCUT2D eigenvalue weighted by Gasteiger charge is 2.47. The number of nitrogens with zero attached hydrogens (tertiary/aromatic N) is 2. The Balaban J connectivity index is 1.81. The van der Waals surface area contributed by atoms with Crippen molar-refractivity contribution < 1.29 is 18.7 Å². The quantitative estimate of drug-likeness (QED) is 0.824. The minimum Gasteiger partial charge on any atom is -0.496 e. The number of methoxy groups -OCH3 is 1. The van der Waals surface area contributed by atoms with Gasteiger partial charge in [-0.3, -0.25) is 9.69 Å². The predicted molar refractivity (Wildman–Crippen MR) is 97.6 cm³/mol. The van der Waals surface area contributed by atoms with E-state index >= 15 is 0 Å². The Labute approximate surface area is 155 Å². The van der Waals surface area contributed by atoms with Gasteiger partial charge in [0.05, 0.1) is 13.7 Å². The van der Waals surface area contributed by atoms with E-state index in [1.54, 1.807) is 19.2 Å². The summed E-state index contributed by atoms with van der Waals surface area (Å²) in [6.45, 7) is 6.93. The van der Waals surface area contributed by atoms with Crippen LogP contribution in [0.3, 0.4) is 0 Å². The number of benzene rings is 1. The second-order valence-electron chi connectivity index (χ2n) is 7.52. The van der Waals surface area contributed by atoms with Crippen LogP contribution in [-0.4, -0.2) is 60.7 Å². The van der Waals surface area contributed by atoms with Crippen molar-refractivity contribution in [2.45, 2.75) is 51.3 Å². The van der Waals surface area contributed by atoms with E-state index in [0.29, 0.717) is 37.6 Å². The molecule has 1 unspecified atom stereocenters. The molecule has 26 heavy (non-hydrogen) atoms. The highest BCUT2D eigenvalue weighted by Crippen LogP contribution is 2.32. The first kappa shape index (κ1) is 19.1. The maximum Gasteiger partial charge on any atom is 0.256 e. The highest BCUT2D eigenvalue weighted by molar-refractivity contribution is 5.86. The number of amides is 1. The number of likely N-dealkylation sites (tertiary alicyclic amines) is 1. The minimum atomic E-state index is -0.808. The van der Waals surface area contributed by atoms with Crippen LogP contribution in [0.25, 0.3) is 0 Å². The third kappa shape index (κ3) is 3.71. The van der Waals surface area contributed by atoms with Crippen LogP contribution in [0.15, 0.2) is 18.2 Å². The molecular weight excluding hydrogens is 335 g/mol. The fraction of sp³-hybridized carbons (Fsp3) is 0.650. The Hall–Kier alpha value is -1.66. The first-order valence-electron chi connectivity index (χ1n) is 9.45. The largest absolute Gasteiger partial charge is 0.496 e. The normalized spacial score (nSPS) is 25.0. The SMILES string of the molecule is COc1cccc(F)c1CN1CCOC2(CCCCN(C(C)C)C2=O)C1. The van der Waals surface area contributed by atoms with Gasteiger partial charge in [0.25, 0.3) is 5.91 Å². The van der Waals surface area contributed by atoms with Crippen molar-refractivity contribution in [3.05, 3.63) is 29.6 Å². The summed E-state index contributed by atoms with van der Waals surface area (Å²) in [5, 5.41) is 0. The summed E-state index contributed by atoms with van der Waals surface area (Å²) in [5.41, 5.74) is -0.272. The van der Waals surface area contributed by atoms with Crippen molar-refractivity contribution in [3.8, 4) is 5.75 Å². The van der Waals surface area contributed by atoms with E-state index in [1.807, 2.05) is 18.7 Å². The highest BCUT2D eigenvalue weighted by atomic mass is 19.1. The van der Waals surface area contributed by atoms with Crippen LogP contribution in [0, 0.1) is 5.82 Å². The van der Waals surface area contributed by atoms with E-state index in [0.717, 1.165) is 25.8 Å². The third-order valence-corrected chi connectivity index (χ3v) is 5.45. The van der Waals surface area contributed by atoms with E-state index in [9.17, 15) is 9.18 Å². The monoisotopic (exact) mass is 364 g/mol. The van der Waals surface area contributed by atoms with Crippen molar-refractivity contribution in [3.63, 3.8) is 0 Å². The van der Waals surface area contributed by atoms with E-state index in [2.05, 4.69) is 4.90 Å². The van der Waals surface area contributed by atoms with Crippen molar-refractivity contribution in [1.82, 2.24) is 9.80 Å². The van der Waals surface area contributed by atoms with Gasteiger partial charge in [-0.05, 0) is 45.2 Å². The molecule has 2 aliphatic rings. The van der Waals surface area contributed by atoms with Gasteiger partial charge in [-0.25, -0.2) is 4.39 Å². The molecule has 1 spiro atoms. The topological polar surface area (TPSA) is 42.0 Å². The molecule has 2 saturated heterocycles. The predicted octanol–water partition coefficient (Wildman–Crippen LogP) is 2.83. The van der Waals surface area contributed by atoms with Gasteiger partial charge < -0.3 is 14.4 Å². The van der Waals surface area contributed by atoms with Crippen LogP contribution >= 0.6 is 0 Å². The zero-order valence-corrected chi connectivity index (χ0v) is 16.0. The van der Waals surface area contributed by atoms with Gasteiger partial charge in [0.15, 0.2) is 5.60 Å². The van der Waals surface area contributed by atoms with E-state index in [1.165, 1.54) is 6.07 Å². The minimum absolute atomic E-state index is 0.0789. The van der Waals surface area contributed by atoms with Crippen LogP contribution in [0.2, 0.25) is 0 Å². The lowest BCUT2D eigenvalue weighted by atomic mass is 9.93. The molecule has 0 bridgehead atoms. The van der Waals surface area contributed by atoms with Crippen molar-refractivity contribution in [2.24, 2.45) is 0 Å². The number of ether oxygens (including phenoxy) is 2. The first-order chi connectivity index (χ1) is 12.5. The number of rotatable bonds is 4. The summed E-state index contributed by atoms with van der Waals surface area (Å²) < 4.78 is 25.7. The number of hydrogen-bond donors (Lipinski definition) is 0. The van der Waals surface area contributed by atoms with E-state index < -0.39 is 5.60 Å². The molecule has 144 valence electrons. The van der Waals surface area contributed by atoms with Crippen LogP contribution in [0.4, 0.5) is 4.39 Å². The number of carbonyl (C=O) groups excluding carboxylic acids is 1. The molecule has 0 radical (unpaired) electrons. The van der Waals surface area contributed by atoms with Gasteiger partial charge in [0.2, 0.25) is 0 Å². The van der Waals surface area contributed by atoms with Crippen molar-refractivity contribution in [1.29, 1.82) is 0 Å². The van der Waals surface area contributed by atoms with Crippen molar-refractivity contribution >= 4 is 5.91 Å². The Bertz CT molecular complexity index is 652. The number of hydrogen-bond acceptors (Lipinski definition) is 4. The zero-order valence-electron chi connectivity index (χ0n) is 16.0. The second-order valence-corrected chi connectivity index (χ2v) is 7.52. The molecule has 6 heteroatoms. The van der Waals surface area contributed by atoms with Gasteiger partial charge in [-0.15, -0.1) is 0 Å². The fourth-order valence-corrected chi connectivity index (χ4v) is 4.03. The van der Waals surface area contributed by atoms with Crippen LogP contribution in [-0.2, 0) is 16.1 Å². The molecule has 2 aliphatic heterocycles. The van der Waals surface area contributed by atoms with Crippen LogP contribution < -0.4 is 4.74 Å². The van der Waals surface area contributed by atoms with Gasteiger partial charge in [-0.1, -0.05) is 6.07 Å². The summed E-state index contributed by atoms with van der Waals surface area (Å²) in [7, 11) is 1.55. The molecule has 5 nitrogen and oxygen atoms in total. The number of halogens is 1. The van der Waals surface area contributed by atoms with E-state index in [4.69, 9.17) is 9.47 Å². The standard InChI is InChI=1S/C20H29FN2O3/c1-15(2)23-10-5-4-9-20(19(23)24)14-22(11-12-26-20)13-16-17(21)7-6-8-18(16)25-3/h6-8,15H,4-5,9-14H2,1-3H3. The number of carbonyl (C=O) groups is 1. The summed E-state index contributed by atoms with van der Waals surface area (Å²) in [6, 6.07) is 5.02. The molecule has 3 rings (SSSR count). The summed E-state index contributed by atoms with van der Waals surface area (Å²) in [5.74, 6) is 0.345. The molecule has 2 fully saturated rings. The maximum atomic E-state index is 14.3. The van der Waals surface area contributed by atoms with Gasteiger partial charge in [0.1, 0.15) is 11.6 Å². The molecule has 1 atom stereocenters. The molecule has 1 aromatic rings. The molecule has 1 aromatic carbocycles.